The van der Waals surface area contributed by atoms with E-state index in [1.54, 1.807) is 7.11 Å². The summed E-state index contributed by atoms with van der Waals surface area (Å²) < 4.78 is 11.3. The number of amides is 1. The van der Waals surface area contributed by atoms with Crippen molar-refractivity contribution in [3.63, 3.8) is 0 Å². The number of nitrogens with one attached hydrogen (secondary N) is 1. The molecule has 0 spiro atoms. The number of carbonyl (C=O) groups excluding carboxylic acids is 1. The van der Waals surface area contributed by atoms with Gasteiger partial charge in [-0.1, -0.05) is 50.2 Å². The van der Waals surface area contributed by atoms with Gasteiger partial charge in [-0.15, -0.1) is 0 Å². The van der Waals surface area contributed by atoms with E-state index in [0.717, 1.165) is 23.3 Å². The molecule has 2 aromatic carbocycles. The van der Waals surface area contributed by atoms with E-state index in [1.807, 2.05) is 62.4 Å². The van der Waals surface area contributed by atoms with Crippen molar-refractivity contribution in [2.45, 2.75) is 26.9 Å². The number of rotatable bonds is 8. The minimum Gasteiger partial charge on any atom is -0.493 e. The molecule has 128 valence electrons. The summed E-state index contributed by atoms with van der Waals surface area (Å²) in [6, 6.07) is 15.9. The van der Waals surface area contributed by atoms with Crippen LogP contribution in [0.3, 0.4) is 0 Å². The van der Waals surface area contributed by atoms with Crippen LogP contribution in [-0.4, -0.2) is 19.6 Å². The fraction of sp³-hybridized carbons (Fsp3) is 0.350. The lowest BCUT2D eigenvalue weighted by atomic mass is 10.1. The number of methoxy groups -OCH3 is 1. The fourth-order valence-electron chi connectivity index (χ4n) is 2.26. The molecular weight excluding hydrogens is 302 g/mol. The van der Waals surface area contributed by atoms with Crippen molar-refractivity contribution in [3.8, 4) is 11.5 Å². The fourth-order valence-corrected chi connectivity index (χ4v) is 2.26. The van der Waals surface area contributed by atoms with Crippen LogP contribution in [-0.2, 0) is 17.8 Å². The molecule has 0 fully saturated rings. The summed E-state index contributed by atoms with van der Waals surface area (Å²) in [5.74, 6) is 1.51. The Balaban J connectivity index is 1.93. The summed E-state index contributed by atoms with van der Waals surface area (Å²) in [6.45, 7) is 4.89. The van der Waals surface area contributed by atoms with Crippen LogP contribution >= 0.6 is 0 Å². The molecule has 0 aliphatic rings. The molecule has 0 saturated carbocycles. The van der Waals surface area contributed by atoms with Gasteiger partial charge in [0.05, 0.1) is 7.11 Å². The lowest BCUT2D eigenvalue weighted by Crippen LogP contribution is -2.29. The van der Waals surface area contributed by atoms with Gasteiger partial charge in [-0.2, -0.15) is 0 Å². The number of carbonyl (C=O) groups is 1. The highest BCUT2D eigenvalue weighted by atomic mass is 16.5. The maximum Gasteiger partial charge on any atom is 0.222 e. The van der Waals surface area contributed by atoms with Crippen molar-refractivity contribution in [3.05, 3.63) is 59.7 Å². The Labute approximate surface area is 143 Å². The molecule has 2 rings (SSSR count). The zero-order valence-electron chi connectivity index (χ0n) is 14.5. The lowest BCUT2D eigenvalue weighted by Gasteiger charge is -2.13. The van der Waals surface area contributed by atoms with Crippen molar-refractivity contribution in [2.75, 3.05) is 13.7 Å². The Kier molecular flexibility index (Phi) is 6.67. The number of hydrogen-bond donors (Lipinski definition) is 1. The van der Waals surface area contributed by atoms with Crippen LogP contribution in [0.25, 0.3) is 0 Å². The maximum atomic E-state index is 11.6. The molecule has 0 bridgehead atoms. The quantitative estimate of drug-likeness (QED) is 0.806. The topological polar surface area (TPSA) is 47.6 Å². The Morgan fingerprint density at radius 1 is 1.04 bits per heavy atom. The van der Waals surface area contributed by atoms with Gasteiger partial charge < -0.3 is 14.8 Å². The molecular formula is C20H25NO3. The average Bonchev–Trinajstić information content (AvgIpc) is 2.61. The average molecular weight is 327 g/mol. The molecule has 1 amide bonds. The van der Waals surface area contributed by atoms with Gasteiger partial charge in [-0.25, -0.2) is 0 Å². The number of benzene rings is 2. The van der Waals surface area contributed by atoms with Crippen LogP contribution in [0, 0.1) is 5.92 Å². The van der Waals surface area contributed by atoms with E-state index < -0.39 is 0 Å². The van der Waals surface area contributed by atoms with Crippen molar-refractivity contribution in [1.29, 1.82) is 0 Å². The van der Waals surface area contributed by atoms with Gasteiger partial charge in [0.1, 0.15) is 6.61 Å². The van der Waals surface area contributed by atoms with Crippen molar-refractivity contribution in [2.24, 2.45) is 5.92 Å². The summed E-state index contributed by atoms with van der Waals surface area (Å²) in [5.41, 5.74) is 2.21. The molecule has 0 unspecified atom stereocenters. The summed E-state index contributed by atoms with van der Waals surface area (Å²) >= 11 is 0. The monoisotopic (exact) mass is 327 g/mol. The van der Waals surface area contributed by atoms with Crippen LogP contribution < -0.4 is 14.8 Å². The molecule has 0 heterocycles. The first kappa shape index (κ1) is 17.9. The zero-order valence-corrected chi connectivity index (χ0v) is 14.5. The SMILES string of the molecule is COc1cc(CCNC(=O)C(C)C)ccc1OCc1ccccc1. The Hall–Kier alpha value is -2.49. The first-order valence-corrected chi connectivity index (χ1v) is 8.21. The van der Waals surface area contributed by atoms with Crippen molar-refractivity contribution in [1.82, 2.24) is 5.32 Å². The third-order valence-electron chi connectivity index (χ3n) is 3.70. The van der Waals surface area contributed by atoms with Gasteiger partial charge in [0, 0.05) is 12.5 Å². The Bertz CT molecular complexity index is 653. The van der Waals surface area contributed by atoms with Gasteiger partial charge >= 0.3 is 0 Å². The molecule has 0 aliphatic carbocycles. The zero-order chi connectivity index (χ0) is 17.4. The van der Waals surface area contributed by atoms with E-state index >= 15 is 0 Å². The third kappa shape index (κ3) is 5.30. The van der Waals surface area contributed by atoms with Crippen molar-refractivity contribution < 1.29 is 14.3 Å². The molecule has 1 N–H and O–H groups in total. The minimum absolute atomic E-state index is 0.00768. The van der Waals surface area contributed by atoms with Crippen LogP contribution in [0.4, 0.5) is 0 Å². The minimum atomic E-state index is 0.00768. The van der Waals surface area contributed by atoms with Gasteiger partial charge in [0.2, 0.25) is 5.91 Å². The highest BCUT2D eigenvalue weighted by Gasteiger charge is 2.08. The largest absolute Gasteiger partial charge is 0.493 e. The molecule has 4 nitrogen and oxygen atoms in total. The molecule has 24 heavy (non-hydrogen) atoms. The second-order valence-corrected chi connectivity index (χ2v) is 5.96. The summed E-state index contributed by atoms with van der Waals surface area (Å²) in [7, 11) is 1.63. The highest BCUT2D eigenvalue weighted by Crippen LogP contribution is 2.29. The molecule has 2 aromatic rings. The second-order valence-electron chi connectivity index (χ2n) is 5.96. The Morgan fingerprint density at radius 3 is 2.46 bits per heavy atom. The lowest BCUT2D eigenvalue weighted by molar-refractivity contribution is -0.123. The van der Waals surface area contributed by atoms with Gasteiger partial charge in [-0.3, -0.25) is 4.79 Å². The molecule has 0 aliphatic heterocycles. The standard InChI is InChI=1S/C20H25NO3/c1-15(2)20(22)21-12-11-16-9-10-18(19(13-16)23-3)24-14-17-7-5-4-6-8-17/h4-10,13,15H,11-12,14H2,1-3H3,(H,21,22). The van der Waals surface area contributed by atoms with Gasteiger partial charge in [0.15, 0.2) is 11.5 Å². The second kappa shape index (κ2) is 8.96. The molecule has 0 aromatic heterocycles. The van der Waals surface area contributed by atoms with Gasteiger partial charge in [-0.05, 0) is 29.7 Å². The Morgan fingerprint density at radius 2 is 1.79 bits per heavy atom. The number of hydrogen-bond acceptors (Lipinski definition) is 3. The summed E-state index contributed by atoms with van der Waals surface area (Å²) in [4.78, 5) is 11.6. The van der Waals surface area contributed by atoms with Crippen LogP contribution in [0.2, 0.25) is 0 Å². The first-order chi connectivity index (χ1) is 11.6. The van der Waals surface area contributed by atoms with Crippen molar-refractivity contribution >= 4 is 5.91 Å². The summed E-state index contributed by atoms with van der Waals surface area (Å²) in [5, 5.41) is 2.92. The molecule has 0 radical (unpaired) electrons. The van der Waals surface area contributed by atoms with Crippen LogP contribution in [0.15, 0.2) is 48.5 Å². The normalized spacial score (nSPS) is 10.5. The van der Waals surface area contributed by atoms with Crippen LogP contribution in [0.1, 0.15) is 25.0 Å². The smallest absolute Gasteiger partial charge is 0.222 e. The summed E-state index contributed by atoms with van der Waals surface area (Å²) in [6.07, 6.45) is 0.758. The molecule has 0 atom stereocenters. The third-order valence-corrected chi connectivity index (χ3v) is 3.70. The number of ether oxygens (including phenoxy) is 2. The molecule has 0 saturated heterocycles. The van der Waals surface area contributed by atoms with Gasteiger partial charge in [0.25, 0.3) is 0 Å². The van der Waals surface area contributed by atoms with E-state index in [9.17, 15) is 4.79 Å². The van der Waals surface area contributed by atoms with E-state index in [4.69, 9.17) is 9.47 Å². The van der Waals surface area contributed by atoms with E-state index in [1.165, 1.54) is 0 Å². The highest BCUT2D eigenvalue weighted by molar-refractivity contribution is 5.77. The molecule has 4 heteroatoms. The maximum absolute atomic E-state index is 11.6. The van der Waals surface area contributed by atoms with E-state index in [-0.39, 0.29) is 11.8 Å². The predicted octanol–water partition coefficient (Wildman–Crippen LogP) is 3.59. The van der Waals surface area contributed by atoms with E-state index in [2.05, 4.69) is 5.32 Å². The van der Waals surface area contributed by atoms with Crippen LogP contribution in [0.5, 0.6) is 11.5 Å². The van der Waals surface area contributed by atoms with E-state index in [0.29, 0.717) is 18.9 Å². The first-order valence-electron chi connectivity index (χ1n) is 8.21. The predicted molar refractivity (Wildman–Crippen MR) is 95.3 cm³/mol.